The standard InChI is InChI=1S/C12H14FN/c1-8(7-14)11-4-2-9-6-10(13)3-5-12(9)11/h3-6,8H,2,7,14H2,1H3. The van der Waals surface area contributed by atoms with Crippen LogP contribution in [0.15, 0.2) is 24.3 Å². The fourth-order valence-electron chi connectivity index (χ4n) is 1.94. The second-order valence-corrected chi connectivity index (χ2v) is 3.80. The molecule has 0 saturated heterocycles. The van der Waals surface area contributed by atoms with Crippen LogP contribution in [0.25, 0.3) is 5.57 Å². The van der Waals surface area contributed by atoms with E-state index in [9.17, 15) is 4.39 Å². The van der Waals surface area contributed by atoms with Crippen molar-refractivity contribution in [2.45, 2.75) is 13.3 Å². The second kappa shape index (κ2) is 3.54. The summed E-state index contributed by atoms with van der Waals surface area (Å²) in [5.41, 5.74) is 9.14. The van der Waals surface area contributed by atoms with Gasteiger partial charge in [0.15, 0.2) is 0 Å². The molecule has 0 aliphatic heterocycles. The Morgan fingerprint density at radius 2 is 2.29 bits per heavy atom. The molecule has 1 aliphatic carbocycles. The molecule has 0 saturated carbocycles. The van der Waals surface area contributed by atoms with E-state index in [1.807, 2.05) is 6.07 Å². The van der Waals surface area contributed by atoms with Gasteiger partial charge in [-0.1, -0.05) is 19.1 Å². The van der Waals surface area contributed by atoms with Gasteiger partial charge in [-0.3, -0.25) is 0 Å². The van der Waals surface area contributed by atoms with E-state index in [1.54, 1.807) is 6.07 Å². The van der Waals surface area contributed by atoms with Crippen LogP contribution in [0.5, 0.6) is 0 Å². The van der Waals surface area contributed by atoms with Gasteiger partial charge in [-0.05, 0) is 47.7 Å². The first kappa shape index (κ1) is 9.41. The van der Waals surface area contributed by atoms with Gasteiger partial charge in [-0.2, -0.15) is 0 Å². The van der Waals surface area contributed by atoms with Gasteiger partial charge in [0.1, 0.15) is 5.82 Å². The van der Waals surface area contributed by atoms with Crippen molar-refractivity contribution in [3.63, 3.8) is 0 Å². The number of rotatable bonds is 2. The van der Waals surface area contributed by atoms with Crippen molar-refractivity contribution in [2.24, 2.45) is 11.7 Å². The number of hydrogen-bond donors (Lipinski definition) is 1. The fourth-order valence-corrected chi connectivity index (χ4v) is 1.94. The van der Waals surface area contributed by atoms with E-state index in [-0.39, 0.29) is 5.82 Å². The molecule has 0 radical (unpaired) electrons. The summed E-state index contributed by atoms with van der Waals surface area (Å²) in [6.07, 6.45) is 2.99. The van der Waals surface area contributed by atoms with Gasteiger partial charge >= 0.3 is 0 Å². The topological polar surface area (TPSA) is 26.0 Å². The monoisotopic (exact) mass is 191 g/mol. The molecule has 1 unspecified atom stereocenters. The van der Waals surface area contributed by atoms with Crippen molar-refractivity contribution in [1.82, 2.24) is 0 Å². The van der Waals surface area contributed by atoms with Crippen molar-refractivity contribution in [3.8, 4) is 0 Å². The molecule has 1 atom stereocenters. The molecule has 0 aromatic heterocycles. The maximum atomic E-state index is 12.9. The van der Waals surface area contributed by atoms with Crippen LogP contribution in [0.2, 0.25) is 0 Å². The Bertz CT molecular complexity index is 382. The van der Waals surface area contributed by atoms with Gasteiger partial charge < -0.3 is 5.73 Å². The largest absolute Gasteiger partial charge is 0.330 e. The highest BCUT2D eigenvalue weighted by molar-refractivity contribution is 5.74. The molecular formula is C12H14FN. The van der Waals surface area contributed by atoms with E-state index in [2.05, 4.69) is 13.0 Å². The van der Waals surface area contributed by atoms with Crippen molar-refractivity contribution < 1.29 is 4.39 Å². The zero-order valence-corrected chi connectivity index (χ0v) is 8.26. The van der Waals surface area contributed by atoms with E-state index in [0.717, 1.165) is 12.0 Å². The molecular weight excluding hydrogens is 177 g/mol. The van der Waals surface area contributed by atoms with Crippen LogP contribution in [0, 0.1) is 11.7 Å². The average molecular weight is 191 g/mol. The summed E-state index contributed by atoms with van der Waals surface area (Å²) in [5, 5.41) is 0. The number of fused-ring (bicyclic) bond motifs is 1. The maximum Gasteiger partial charge on any atom is 0.123 e. The summed E-state index contributed by atoms with van der Waals surface area (Å²) >= 11 is 0. The Balaban J connectivity index is 2.37. The van der Waals surface area contributed by atoms with Gasteiger partial charge in [0.05, 0.1) is 0 Å². The van der Waals surface area contributed by atoms with E-state index >= 15 is 0 Å². The Morgan fingerprint density at radius 3 is 3.00 bits per heavy atom. The first-order valence-corrected chi connectivity index (χ1v) is 4.91. The van der Waals surface area contributed by atoms with Gasteiger partial charge in [0.25, 0.3) is 0 Å². The van der Waals surface area contributed by atoms with Crippen LogP contribution in [0.4, 0.5) is 4.39 Å². The molecule has 2 heteroatoms. The molecule has 1 aromatic carbocycles. The van der Waals surface area contributed by atoms with Crippen LogP contribution in [0.1, 0.15) is 18.1 Å². The first-order valence-electron chi connectivity index (χ1n) is 4.91. The summed E-state index contributed by atoms with van der Waals surface area (Å²) in [7, 11) is 0. The molecule has 0 heterocycles. The molecule has 1 aliphatic rings. The molecule has 0 bridgehead atoms. The van der Waals surface area contributed by atoms with E-state index in [0.29, 0.717) is 12.5 Å². The van der Waals surface area contributed by atoms with E-state index < -0.39 is 0 Å². The lowest BCUT2D eigenvalue weighted by atomic mass is 9.95. The lowest BCUT2D eigenvalue weighted by molar-refractivity contribution is 0.626. The number of hydrogen-bond acceptors (Lipinski definition) is 1. The molecule has 1 nitrogen and oxygen atoms in total. The molecule has 74 valence electrons. The summed E-state index contributed by atoms with van der Waals surface area (Å²) < 4.78 is 12.9. The SMILES string of the molecule is CC(CN)C1=CCc2cc(F)ccc21. The van der Waals surface area contributed by atoms with E-state index in [4.69, 9.17) is 5.73 Å². The molecule has 0 fully saturated rings. The Labute approximate surface area is 83.4 Å². The highest BCUT2D eigenvalue weighted by Crippen LogP contribution is 2.32. The third-order valence-corrected chi connectivity index (χ3v) is 2.80. The summed E-state index contributed by atoms with van der Waals surface area (Å²) in [6, 6.07) is 4.99. The molecule has 0 spiro atoms. The lowest BCUT2D eigenvalue weighted by Crippen LogP contribution is -2.11. The number of halogens is 1. The smallest absolute Gasteiger partial charge is 0.123 e. The summed E-state index contributed by atoms with van der Waals surface area (Å²) in [5.74, 6) is 0.209. The van der Waals surface area contributed by atoms with Gasteiger partial charge in [0.2, 0.25) is 0 Å². The predicted molar refractivity (Wildman–Crippen MR) is 56.3 cm³/mol. The normalized spacial score (nSPS) is 16.4. The van der Waals surface area contributed by atoms with Gasteiger partial charge in [0, 0.05) is 0 Å². The zero-order valence-electron chi connectivity index (χ0n) is 8.26. The molecule has 14 heavy (non-hydrogen) atoms. The van der Waals surface area contributed by atoms with Gasteiger partial charge in [-0.15, -0.1) is 0 Å². The van der Waals surface area contributed by atoms with Crippen LogP contribution in [-0.2, 0) is 6.42 Å². The van der Waals surface area contributed by atoms with Crippen molar-refractivity contribution >= 4 is 5.57 Å². The van der Waals surface area contributed by atoms with Crippen molar-refractivity contribution in [2.75, 3.05) is 6.54 Å². The van der Waals surface area contributed by atoms with E-state index in [1.165, 1.54) is 17.2 Å². The fraction of sp³-hybridized carbons (Fsp3) is 0.333. The number of allylic oxidation sites excluding steroid dienone is 1. The minimum absolute atomic E-state index is 0.154. The molecule has 0 amide bonds. The number of benzene rings is 1. The molecule has 2 N–H and O–H groups in total. The number of nitrogens with two attached hydrogens (primary N) is 1. The third kappa shape index (κ3) is 1.46. The van der Waals surface area contributed by atoms with Crippen LogP contribution in [0.3, 0.4) is 0 Å². The average Bonchev–Trinajstić information content (AvgIpc) is 2.59. The lowest BCUT2D eigenvalue weighted by Gasteiger charge is -2.11. The third-order valence-electron chi connectivity index (χ3n) is 2.80. The predicted octanol–water partition coefficient (Wildman–Crippen LogP) is 2.36. The highest BCUT2D eigenvalue weighted by Gasteiger charge is 2.18. The quantitative estimate of drug-likeness (QED) is 0.763. The van der Waals surface area contributed by atoms with Crippen molar-refractivity contribution in [1.29, 1.82) is 0 Å². The van der Waals surface area contributed by atoms with Crippen LogP contribution < -0.4 is 5.73 Å². The minimum Gasteiger partial charge on any atom is -0.330 e. The zero-order chi connectivity index (χ0) is 10.1. The van der Waals surface area contributed by atoms with Crippen LogP contribution in [-0.4, -0.2) is 6.54 Å². The Kier molecular flexibility index (Phi) is 2.38. The van der Waals surface area contributed by atoms with Crippen molar-refractivity contribution in [3.05, 3.63) is 41.2 Å². The highest BCUT2D eigenvalue weighted by atomic mass is 19.1. The summed E-state index contributed by atoms with van der Waals surface area (Å²) in [4.78, 5) is 0. The summed E-state index contributed by atoms with van der Waals surface area (Å²) in [6.45, 7) is 2.74. The van der Waals surface area contributed by atoms with Gasteiger partial charge in [-0.25, -0.2) is 4.39 Å². The Morgan fingerprint density at radius 1 is 1.50 bits per heavy atom. The second-order valence-electron chi connectivity index (χ2n) is 3.80. The Hall–Kier alpha value is -1.15. The first-order chi connectivity index (χ1) is 6.72. The molecule has 1 aromatic rings. The molecule has 2 rings (SSSR count). The van der Waals surface area contributed by atoms with Crippen LogP contribution >= 0.6 is 0 Å². The minimum atomic E-state index is -0.154. The maximum absolute atomic E-state index is 12.9.